The van der Waals surface area contributed by atoms with Gasteiger partial charge in [0.2, 0.25) is 11.9 Å². The quantitative estimate of drug-likeness (QED) is 0.773. The number of rotatable bonds is 5. The maximum Gasteiger partial charge on any atom is 0.236 e. The van der Waals surface area contributed by atoms with E-state index in [9.17, 15) is 4.79 Å². The summed E-state index contributed by atoms with van der Waals surface area (Å²) in [6.45, 7) is 10.8. The van der Waals surface area contributed by atoms with E-state index in [1.165, 1.54) is 0 Å². The van der Waals surface area contributed by atoms with Gasteiger partial charge < -0.3 is 19.7 Å². The lowest BCUT2D eigenvalue weighted by atomic mass is 10.1. The van der Waals surface area contributed by atoms with Crippen molar-refractivity contribution in [2.24, 2.45) is 0 Å². The van der Waals surface area contributed by atoms with Crippen molar-refractivity contribution < 1.29 is 14.3 Å². The molecule has 2 aromatic heterocycles. The lowest BCUT2D eigenvalue weighted by Crippen LogP contribution is -2.48. The van der Waals surface area contributed by atoms with Crippen LogP contribution >= 0.6 is 0 Å². The van der Waals surface area contributed by atoms with Gasteiger partial charge in [0, 0.05) is 42.4 Å². The molecule has 9 nitrogen and oxygen atoms in total. The third-order valence-electron chi connectivity index (χ3n) is 5.42. The highest BCUT2D eigenvalue weighted by Crippen LogP contribution is 2.25. The Morgan fingerprint density at radius 3 is 2.45 bits per heavy atom. The minimum Gasteiger partial charge on any atom is -0.379 e. The number of hydrogen-bond acceptors (Lipinski definition) is 8. The van der Waals surface area contributed by atoms with Crippen LogP contribution in [0.5, 0.6) is 0 Å². The topological polar surface area (TPSA) is 92.7 Å². The molecular formula is C22H30N6O3. The monoisotopic (exact) mass is 426 g/mol. The van der Waals surface area contributed by atoms with Gasteiger partial charge in [-0.25, -0.2) is 9.97 Å². The van der Waals surface area contributed by atoms with Gasteiger partial charge in [-0.2, -0.15) is 0 Å². The number of anilines is 2. The number of carbonyl (C=O) groups excluding carboxylic acids is 1. The molecular weight excluding hydrogens is 396 g/mol. The average Bonchev–Trinajstić information content (AvgIpc) is 2.73. The minimum atomic E-state index is -0.261. The maximum atomic E-state index is 12.8. The standard InChI is InChI=1S/C22H30N6O3/c1-15-10-16(2)25-22(24-15)26-18-11-17(3)23-19(12-18)20-13-28(6-9-31-20)21(29)14-27-4-7-30-8-5-27/h10-12,20H,4-9,13-14H2,1-3H3,(H,23,24,25,26)/t20-/m1/s1. The number of amides is 1. The third kappa shape index (κ3) is 5.75. The Hall–Kier alpha value is -2.62. The molecule has 0 aliphatic carbocycles. The van der Waals surface area contributed by atoms with Crippen molar-refractivity contribution >= 4 is 17.5 Å². The number of aryl methyl sites for hydroxylation is 3. The number of pyridine rings is 1. The first-order valence-corrected chi connectivity index (χ1v) is 10.7. The fraction of sp³-hybridized carbons (Fsp3) is 0.545. The zero-order valence-electron chi connectivity index (χ0n) is 18.4. The molecule has 2 saturated heterocycles. The van der Waals surface area contributed by atoms with Crippen LogP contribution in [-0.2, 0) is 14.3 Å². The first kappa shape index (κ1) is 21.6. The van der Waals surface area contributed by atoms with Gasteiger partial charge in [0.15, 0.2) is 0 Å². The molecule has 166 valence electrons. The third-order valence-corrected chi connectivity index (χ3v) is 5.42. The van der Waals surface area contributed by atoms with Crippen molar-refractivity contribution in [1.82, 2.24) is 24.8 Å². The lowest BCUT2D eigenvalue weighted by Gasteiger charge is -2.35. The van der Waals surface area contributed by atoms with E-state index in [1.54, 1.807) is 0 Å². The van der Waals surface area contributed by atoms with Crippen LogP contribution in [0.15, 0.2) is 18.2 Å². The van der Waals surface area contributed by atoms with E-state index >= 15 is 0 Å². The molecule has 0 spiro atoms. The van der Waals surface area contributed by atoms with Crippen LogP contribution in [0.3, 0.4) is 0 Å². The molecule has 2 aliphatic heterocycles. The van der Waals surface area contributed by atoms with Crippen molar-refractivity contribution in [3.05, 3.63) is 41.0 Å². The Morgan fingerprint density at radius 2 is 1.71 bits per heavy atom. The summed E-state index contributed by atoms with van der Waals surface area (Å²) < 4.78 is 11.4. The lowest BCUT2D eigenvalue weighted by molar-refractivity contribution is -0.141. The van der Waals surface area contributed by atoms with Crippen LogP contribution in [0, 0.1) is 20.8 Å². The van der Waals surface area contributed by atoms with Gasteiger partial charge in [0.1, 0.15) is 6.10 Å². The van der Waals surface area contributed by atoms with Crippen LogP contribution in [0.25, 0.3) is 0 Å². The van der Waals surface area contributed by atoms with E-state index in [1.807, 2.05) is 43.9 Å². The van der Waals surface area contributed by atoms with Crippen LogP contribution < -0.4 is 5.32 Å². The molecule has 4 rings (SSSR count). The van der Waals surface area contributed by atoms with Crippen LogP contribution in [-0.4, -0.2) is 83.2 Å². The Balaban J connectivity index is 1.45. The molecule has 9 heteroatoms. The highest BCUT2D eigenvalue weighted by Gasteiger charge is 2.28. The summed E-state index contributed by atoms with van der Waals surface area (Å²) in [5.41, 5.74) is 4.34. The smallest absolute Gasteiger partial charge is 0.236 e. The fourth-order valence-electron chi connectivity index (χ4n) is 3.95. The number of hydrogen-bond donors (Lipinski definition) is 1. The summed E-state index contributed by atoms with van der Waals surface area (Å²) in [4.78, 5) is 30.4. The highest BCUT2D eigenvalue weighted by molar-refractivity contribution is 5.78. The SMILES string of the molecule is Cc1cc(Nc2nc(C)cc(C)n2)cc([C@H]2CN(C(=O)CN3CCOCC3)CCO2)n1. The number of carbonyl (C=O) groups is 1. The normalized spacial score (nSPS) is 20.0. The molecule has 0 saturated carbocycles. The minimum absolute atomic E-state index is 0.129. The van der Waals surface area contributed by atoms with Crippen molar-refractivity contribution in [2.45, 2.75) is 26.9 Å². The van der Waals surface area contributed by atoms with Gasteiger partial charge in [-0.15, -0.1) is 0 Å². The van der Waals surface area contributed by atoms with Gasteiger partial charge in [-0.3, -0.25) is 14.7 Å². The molecule has 1 amide bonds. The molecule has 2 aliphatic rings. The predicted molar refractivity (Wildman–Crippen MR) is 116 cm³/mol. The second kappa shape index (κ2) is 9.67. The second-order valence-electron chi connectivity index (χ2n) is 8.11. The van der Waals surface area contributed by atoms with E-state index in [0.717, 1.165) is 41.6 Å². The van der Waals surface area contributed by atoms with E-state index in [2.05, 4.69) is 25.2 Å². The molecule has 31 heavy (non-hydrogen) atoms. The Morgan fingerprint density at radius 1 is 1.00 bits per heavy atom. The van der Waals surface area contributed by atoms with E-state index in [-0.39, 0.29) is 12.0 Å². The fourth-order valence-corrected chi connectivity index (χ4v) is 3.95. The Kier molecular flexibility index (Phi) is 6.74. The average molecular weight is 427 g/mol. The number of nitrogens with zero attached hydrogens (tertiary/aromatic N) is 5. The molecule has 2 aromatic rings. The van der Waals surface area contributed by atoms with E-state index < -0.39 is 0 Å². The van der Waals surface area contributed by atoms with Crippen molar-refractivity contribution in [2.75, 3.05) is 57.9 Å². The highest BCUT2D eigenvalue weighted by atomic mass is 16.5. The van der Waals surface area contributed by atoms with Gasteiger partial charge >= 0.3 is 0 Å². The predicted octanol–water partition coefficient (Wildman–Crippen LogP) is 1.77. The molecule has 0 unspecified atom stereocenters. The first-order chi connectivity index (χ1) is 15.0. The van der Waals surface area contributed by atoms with Gasteiger partial charge in [0.05, 0.1) is 38.6 Å². The van der Waals surface area contributed by atoms with Crippen LogP contribution in [0.4, 0.5) is 11.6 Å². The van der Waals surface area contributed by atoms with Crippen LogP contribution in [0.1, 0.15) is 28.9 Å². The summed E-state index contributed by atoms with van der Waals surface area (Å²) in [6.07, 6.45) is -0.261. The van der Waals surface area contributed by atoms with Gasteiger partial charge in [0.25, 0.3) is 0 Å². The molecule has 0 radical (unpaired) electrons. The van der Waals surface area contributed by atoms with Crippen LogP contribution in [0.2, 0.25) is 0 Å². The molecule has 1 N–H and O–H groups in total. The molecule has 2 fully saturated rings. The van der Waals surface area contributed by atoms with Crippen molar-refractivity contribution in [1.29, 1.82) is 0 Å². The number of ether oxygens (including phenoxy) is 2. The Bertz CT molecular complexity index is 911. The molecule has 4 heterocycles. The zero-order valence-corrected chi connectivity index (χ0v) is 18.4. The summed E-state index contributed by atoms with van der Waals surface area (Å²) >= 11 is 0. The number of aromatic nitrogens is 3. The summed E-state index contributed by atoms with van der Waals surface area (Å²) in [5.74, 6) is 0.686. The van der Waals surface area contributed by atoms with Gasteiger partial charge in [-0.05, 0) is 39.0 Å². The largest absolute Gasteiger partial charge is 0.379 e. The summed E-state index contributed by atoms with van der Waals surface area (Å²) in [6, 6.07) is 5.84. The number of nitrogens with one attached hydrogen (secondary N) is 1. The van der Waals surface area contributed by atoms with Crippen molar-refractivity contribution in [3.63, 3.8) is 0 Å². The molecule has 0 bridgehead atoms. The van der Waals surface area contributed by atoms with Crippen molar-refractivity contribution in [3.8, 4) is 0 Å². The Labute approximate surface area is 182 Å². The first-order valence-electron chi connectivity index (χ1n) is 10.7. The van der Waals surface area contributed by atoms with Gasteiger partial charge in [-0.1, -0.05) is 0 Å². The summed E-state index contributed by atoms with van der Waals surface area (Å²) in [5, 5.41) is 3.28. The van der Waals surface area contributed by atoms with E-state index in [0.29, 0.717) is 45.4 Å². The maximum absolute atomic E-state index is 12.8. The number of morpholine rings is 2. The molecule has 0 aromatic carbocycles. The van der Waals surface area contributed by atoms with E-state index in [4.69, 9.17) is 9.47 Å². The second-order valence-corrected chi connectivity index (χ2v) is 8.11. The summed E-state index contributed by atoms with van der Waals surface area (Å²) in [7, 11) is 0. The zero-order chi connectivity index (χ0) is 21.8. The molecule has 1 atom stereocenters.